The molecule has 1 heterocycles. The van der Waals surface area contributed by atoms with Crippen LogP contribution >= 0.6 is 11.3 Å². The minimum Gasteiger partial charge on any atom is -0.465 e. The zero-order valence-corrected chi connectivity index (χ0v) is 11.6. The van der Waals surface area contributed by atoms with Crippen molar-refractivity contribution in [1.29, 1.82) is 0 Å². The van der Waals surface area contributed by atoms with Crippen LogP contribution in [0.4, 0.5) is 10.7 Å². The van der Waals surface area contributed by atoms with Crippen LogP contribution in [0, 0.1) is 0 Å². The van der Waals surface area contributed by atoms with Crippen molar-refractivity contribution in [2.24, 2.45) is 5.73 Å². The molecule has 0 aliphatic rings. The fourth-order valence-corrected chi connectivity index (χ4v) is 2.42. The summed E-state index contributed by atoms with van der Waals surface area (Å²) in [6.07, 6.45) is 0. The van der Waals surface area contributed by atoms with E-state index < -0.39 is 11.9 Å². The van der Waals surface area contributed by atoms with Gasteiger partial charge in [0.15, 0.2) is 0 Å². The van der Waals surface area contributed by atoms with E-state index in [1.54, 1.807) is 0 Å². The fraction of sp³-hybridized carbons (Fsp3) is 0.455. The van der Waals surface area contributed by atoms with Gasteiger partial charge in [0.25, 0.3) is 5.91 Å². The molecule has 0 spiro atoms. The number of primary amides is 1. The molecule has 106 valence electrons. The molecule has 0 aromatic carbocycles. The molecule has 0 saturated heterocycles. The maximum absolute atomic E-state index is 11.7. The number of carbonyl (C=O) groups excluding carboxylic acids is 2. The Hall–Kier alpha value is -1.80. The number of carbonyl (C=O) groups is 2. The van der Waals surface area contributed by atoms with Crippen molar-refractivity contribution in [3.63, 3.8) is 0 Å². The average molecular weight is 287 g/mol. The van der Waals surface area contributed by atoms with Crippen molar-refractivity contribution in [3.8, 4) is 0 Å². The second-order valence-corrected chi connectivity index (χ2v) is 4.55. The highest BCUT2D eigenvalue weighted by Gasteiger charge is 2.24. The average Bonchev–Trinajstić information content (AvgIpc) is 2.71. The summed E-state index contributed by atoms with van der Waals surface area (Å²) in [6.45, 7) is 3.44. The minimum absolute atomic E-state index is 0.0447. The molecule has 19 heavy (non-hydrogen) atoms. The molecular formula is C11H17N3O4S. The van der Waals surface area contributed by atoms with Crippen LogP contribution < -0.4 is 16.8 Å². The predicted octanol–water partition coefficient (Wildman–Crippen LogP) is 0.664. The number of nitrogens with one attached hydrogen (secondary N) is 1. The third-order valence-electron chi connectivity index (χ3n) is 2.29. The van der Waals surface area contributed by atoms with Gasteiger partial charge in [-0.1, -0.05) is 0 Å². The SMILES string of the molecule is CCOCCNc1sc(C(N)=O)c(N)c1C(=O)OC. The zero-order valence-electron chi connectivity index (χ0n) is 10.8. The number of ether oxygens (including phenoxy) is 2. The summed E-state index contributed by atoms with van der Waals surface area (Å²) in [5, 5.41) is 3.44. The Labute approximate surface area is 114 Å². The van der Waals surface area contributed by atoms with Gasteiger partial charge in [-0.3, -0.25) is 4.79 Å². The third kappa shape index (κ3) is 3.58. The van der Waals surface area contributed by atoms with Crippen LogP contribution in [-0.2, 0) is 9.47 Å². The van der Waals surface area contributed by atoms with Gasteiger partial charge < -0.3 is 26.3 Å². The standard InChI is InChI=1S/C11H17N3O4S/c1-3-18-5-4-14-10-6(11(16)17-2)7(12)8(19-10)9(13)15/h14H,3-5,12H2,1-2H3,(H2,13,15). The molecule has 8 heteroatoms. The second-order valence-electron chi connectivity index (χ2n) is 3.53. The summed E-state index contributed by atoms with van der Waals surface area (Å²) in [6, 6.07) is 0. The van der Waals surface area contributed by atoms with Gasteiger partial charge in [0.2, 0.25) is 0 Å². The van der Waals surface area contributed by atoms with E-state index in [9.17, 15) is 9.59 Å². The molecule has 1 rings (SSSR count). The molecule has 7 nitrogen and oxygen atoms in total. The molecule has 1 aromatic heterocycles. The first-order valence-electron chi connectivity index (χ1n) is 5.64. The number of hydrogen-bond acceptors (Lipinski definition) is 7. The number of amides is 1. The van der Waals surface area contributed by atoms with E-state index in [2.05, 4.69) is 10.1 Å². The van der Waals surface area contributed by atoms with E-state index in [1.807, 2.05) is 6.92 Å². The number of esters is 1. The van der Waals surface area contributed by atoms with Crippen LogP contribution in [0.2, 0.25) is 0 Å². The molecule has 0 fully saturated rings. The summed E-state index contributed by atoms with van der Waals surface area (Å²) in [4.78, 5) is 23.0. The quantitative estimate of drug-likeness (QED) is 0.501. The van der Waals surface area contributed by atoms with E-state index in [0.29, 0.717) is 24.8 Å². The fourth-order valence-electron chi connectivity index (χ4n) is 1.44. The topological polar surface area (TPSA) is 117 Å². The Bertz CT molecular complexity index is 473. The van der Waals surface area contributed by atoms with Gasteiger partial charge in [0.1, 0.15) is 15.4 Å². The number of thiophene rings is 1. The van der Waals surface area contributed by atoms with Gasteiger partial charge in [-0.15, -0.1) is 11.3 Å². The molecule has 0 atom stereocenters. The molecule has 0 radical (unpaired) electrons. The van der Waals surface area contributed by atoms with Gasteiger partial charge in [0.05, 0.1) is 19.4 Å². The van der Waals surface area contributed by atoms with E-state index >= 15 is 0 Å². The van der Waals surface area contributed by atoms with Crippen LogP contribution in [0.25, 0.3) is 0 Å². The number of hydrogen-bond donors (Lipinski definition) is 3. The highest BCUT2D eigenvalue weighted by atomic mass is 32.1. The van der Waals surface area contributed by atoms with Crippen molar-refractivity contribution >= 4 is 33.9 Å². The number of anilines is 2. The highest BCUT2D eigenvalue weighted by Crippen LogP contribution is 2.35. The molecule has 0 aliphatic heterocycles. The summed E-state index contributed by atoms with van der Waals surface area (Å²) in [7, 11) is 1.24. The number of methoxy groups -OCH3 is 1. The van der Waals surface area contributed by atoms with Crippen LogP contribution in [-0.4, -0.2) is 38.7 Å². The van der Waals surface area contributed by atoms with Crippen molar-refractivity contribution in [2.45, 2.75) is 6.92 Å². The van der Waals surface area contributed by atoms with E-state index in [4.69, 9.17) is 16.2 Å². The number of rotatable bonds is 7. The van der Waals surface area contributed by atoms with Gasteiger partial charge in [-0.05, 0) is 6.92 Å². The van der Waals surface area contributed by atoms with Gasteiger partial charge >= 0.3 is 5.97 Å². The Morgan fingerprint density at radius 2 is 2.11 bits per heavy atom. The van der Waals surface area contributed by atoms with Crippen LogP contribution in [0.3, 0.4) is 0 Å². The Balaban J connectivity index is 2.97. The number of nitrogens with two attached hydrogens (primary N) is 2. The first-order valence-corrected chi connectivity index (χ1v) is 6.46. The first kappa shape index (κ1) is 15.3. The van der Waals surface area contributed by atoms with Crippen LogP contribution in [0.15, 0.2) is 0 Å². The summed E-state index contributed by atoms with van der Waals surface area (Å²) >= 11 is 1.03. The highest BCUT2D eigenvalue weighted by molar-refractivity contribution is 7.19. The first-order chi connectivity index (χ1) is 9.02. The van der Waals surface area contributed by atoms with Crippen LogP contribution in [0.5, 0.6) is 0 Å². The smallest absolute Gasteiger partial charge is 0.343 e. The summed E-state index contributed by atoms with van der Waals surface area (Å²) in [5.74, 6) is -1.29. The van der Waals surface area contributed by atoms with Gasteiger partial charge in [0, 0.05) is 13.2 Å². The summed E-state index contributed by atoms with van der Waals surface area (Å²) < 4.78 is 9.81. The summed E-state index contributed by atoms with van der Waals surface area (Å²) in [5.41, 5.74) is 11.1. The van der Waals surface area contributed by atoms with Gasteiger partial charge in [-0.2, -0.15) is 0 Å². The van der Waals surface area contributed by atoms with Crippen molar-refractivity contribution in [1.82, 2.24) is 0 Å². The van der Waals surface area contributed by atoms with E-state index in [1.165, 1.54) is 7.11 Å². The molecule has 1 amide bonds. The maximum Gasteiger partial charge on any atom is 0.343 e. The van der Waals surface area contributed by atoms with Crippen LogP contribution in [0.1, 0.15) is 27.0 Å². The second kappa shape index (κ2) is 6.95. The molecule has 5 N–H and O–H groups in total. The van der Waals surface area contributed by atoms with Crippen molar-refractivity contribution in [3.05, 3.63) is 10.4 Å². The largest absolute Gasteiger partial charge is 0.465 e. The Morgan fingerprint density at radius 3 is 2.63 bits per heavy atom. The van der Waals surface area contributed by atoms with E-state index in [0.717, 1.165) is 11.3 Å². The zero-order chi connectivity index (χ0) is 14.4. The molecule has 0 unspecified atom stereocenters. The van der Waals surface area contributed by atoms with Crippen molar-refractivity contribution in [2.75, 3.05) is 37.9 Å². The molecule has 0 aliphatic carbocycles. The molecule has 0 saturated carbocycles. The third-order valence-corrected chi connectivity index (χ3v) is 3.47. The lowest BCUT2D eigenvalue weighted by atomic mass is 10.2. The normalized spacial score (nSPS) is 10.2. The Morgan fingerprint density at radius 1 is 1.42 bits per heavy atom. The lowest BCUT2D eigenvalue weighted by Gasteiger charge is -2.06. The maximum atomic E-state index is 11.7. The lowest BCUT2D eigenvalue weighted by molar-refractivity contribution is 0.0603. The predicted molar refractivity (Wildman–Crippen MR) is 73.6 cm³/mol. The Kier molecular flexibility index (Phi) is 5.58. The monoisotopic (exact) mass is 287 g/mol. The van der Waals surface area contributed by atoms with E-state index in [-0.39, 0.29) is 16.1 Å². The minimum atomic E-state index is -0.675. The molecular weight excluding hydrogens is 270 g/mol. The molecule has 1 aromatic rings. The molecule has 0 bridgehead atoms. The van der Waals surface area contributed by atoms with Crippen molar-refractivity contribution < 1.29 is 19.1 Å². The lowest BCUT2D eigenvalue weighted by Crippen LogP contribution is -2.13. The van der Waals surface area contributed by atoms with Gasteiger partial charge in [-0.25, -0.2) is 4.79 Å². The number of nitrogen functional groups attached to an aromatic ring is 1.